The molecule has 1 aliphatic heterocycles. The van der Waals surface area contributed by atoms with Crippen molar-refractivity contribution in [3.63, 3.8) is 0 Å². The number of amides is 2. The molecule has 1 aromatic carbocycles. The number of ether oxygens (including phenoxy) is 4. The Kier molecular flexibility index (Phi) is 14.6. The zero-order valence-electron chi connectivity index (χ0n) is 26.5. The normalized spacial score (nSPS) is 18.5. The van der Waals surface area contributed by atoms with Gasteiger partial charge in [0, 0.05) is 41.0 Å². The van der Waals surface area contributed by atoms with Gasteiger partial charge in [-0.05, 0) is 42.9 Å². The molecule has 12 nitrogen and oxygen atoms in total. The maximum Gasteiger partial charge on any atom is 0.303 e. The van der Waals surface area contributed by atoms with Gasteiger partial charge in [0.25, 0.3) is 5.91 Å². The number of benzene rings is 1. The molecule has 1 N–H and O–H groups in total. The summed E-state index contributed by atoms with van der Waals surface area (Å²) in [5.41, 5.74) is 0.355. The van der Waals surface area contributed by atoms with Crippen LogP contribution in [0.4, 0.5) is 10.1 Å². The summed E-state index contributed by atoms with van der Waals surface area (Å²) in [6, 6.07) is 3.12. The average Bonchev–Trinajstić information content (AvgIpc) is 3.14. The van der Waals surface area contributed by atoms with E-state index >= 15 is 0 Å². The van der Waals surface area contributed by atoms with Crippen LogP contribution in [0.15, 0.2) is 30.4 Å². The van der Waals surface area contributed by atoms with E-state index < -0.39 is 66.0 Å². The summed E-state index contributed by atoms with van der Waals surface area (Å²) in [5, 5.41) is 2.68. The van der Waals surface area contributed by atoms with Crippen LogP contribution in [0.1, 0.15) is 65.9 Å². The molecule has 0 bridgehead atoms. The molecule has 1 heterocycles. The van der Waals surface area contributed by atoms with E-state index in [1.54, 1.807) is 12.1 Å². The summed E-state index contributed by atoms with van der Waals surface area (Å²) >= 11 is 0. The van der Waals surface area contributed by atoms with Gasteiger partial charge in [0.15, 0.2) is 24.4 Å². The summed E-state index contributed by atoms with van der Waals surface area (Å²) in [7, 11) is 1.18. The molecule has 0 spiro atoms. The van der Waals surface area contributed by atoms with Crippen molar-refractivity contribution in [3.05, 3.63) is 53.1 Å². The highest BCUT2D eigenvalue weighted by molar-refractivity contribution is 5.90. The van der Waals surface area contributed by atoms with Crippen LogP contribution in [0.2, 0.25) is 0 Å². The molecule has 2 amide bonds. The van der Waals surface area contributed by atoms with Crippen molar-refractivity contribution in [2.75, 3.05) is 13.7 Å². The first-order chi connectivity index (χ1) is 21.3. The van der Waals surface area contributed by atoms with Gasteiger partial charge in [0.2, 0.25) is 11.6 Å². The summed E-state index contributed by atoms with van der Waals surface area (Å²) < 4.78 is 36.1. The molecule has 1 aromatic rings. The van der Waals surface area contributed by atoms with Crippen LogP contribution < -0.4 is 5.32 Å². The number of carbonyl (C=O) groups is 5. The van der Waals surface area contributed by atoms with Crippen LogP contribution in [0.5, 0.6) is 0 Å². The molecule has 1 unspecified atom stereocenters. The van der Waals surface area contributed by atoms with E-state index in [9.17, 15) is 28.4 Å². The van der Waals surface area contributed by atoms with Gasteiger partial charge < -0.3 is 29.2 Å². The fourth-order valence-electron chi connectivity index (χ4n) is 4.85. The molecule has 45 heavy (non-hydrogen) atoms. The number of esters is 3. The van der Waals surface area contributed by atoms with Crippen molar-refractivity contribution in [3.8, 4) is 0 Å². The summed E-state index contributed by atoms with van der Waals surface area (Å²) in [6.07, 6.45) is -0.383. The van der Waals surface area contributed by atoms with Crippen molar-refractivity contribution in [2.45, 2.75) is 97.3 Å². The van der Waals surface area contributed by atoms with Gasteiger partial charge in [-0.3, -0.25) is 24.0 Å². The van der Waals surface area contributed by atoms with Gasteiger partial charge in [0.05, 0.1) is 6.57 Å². The minimum atomic E-state index is -1.59. The highest BCUT2D eigenvalue weighted by Gasteiger charge is 2.45. The van der Waals surface area contributed by atoms with E-state index in [0.29, 0.717) is 31.4 Å². The van der Waals surface area contributed by atoms with Gasteiger partial charge >= 0.3 is 17.9 Å². The summed E-state index contributed by atoms with van der Waals surface area (Å²) in [4.78, 5) is 68.3. The minimum absolute atomic E-state index is 0.0565. The molecule has 0 radical (unpaired) electrons. The summed E-state index contributed by atoms with van der Waals surface area (Å²) in [5.74, 6) is -4.21. The second kappa shape index (κ2) is 17.9. The van der Waals surface area contributed by atoms with Crippen molar-refractivity contribution in [2.24, 2.45) is 5.92 Å². The number of methoxy groups -OCH3 is 1. The first kappa shape index (κ1) is 36.9. The number of likely N-dealkylation sites (tertiary alicyclic amines) is 1. The molecular weight excluding hydrogens is 589 g/mol. The molecule has 2 rings (SSSR count). The predicted molar refractivity (Wildman–Crippen MR) is 160 cm³/mol. The zero-order valence-corrected chi connectivity index (χ0v) is 26.5. The lowest BCUT2D eigenvalue weighted by atomic mass is 9.98. The van der Waals surface area contributed by atoms with Crippen molar-refractivity contribution in [1.29, 1.82) is 0 Å². The Hall–Kier alpha value is -4.31. The highest BCUT2D eigenvalue weighted by Crippen LogP contribution is 2.24. The molecule has 246 valence electrons. The third-order valence-electron chi connectivity index (χ3n) is 7.24. The first-order valence-electron chi connectivity index (χ1n) is 14.8. The third-order valence-corrected chi connectivity index (χ3v) is 7.24. The van der Waals surface area contributed by atoms with E-state index in [1.165, 1.54) is 30.2 Å². The molecule has 0 aromatic heterocycles. The maximum absolute atomic E-state index is 14.2. The number of nitrogens with zero attached hydrogens (tertiary/aromatic N) is 2. The fraction of sp³-hybridized carbons (Fsp3) is 0.562. The Balaban J connectivity index is 2.40. The predicted octanol–water partition coefficient (Wildman–Crippen LogP) is 3.79. The van der Waals surface area contributed by atoms with Crippen LogP contribution in [-0.4, -0.2) is 78.7 Å². The molecule has 13 heteroatoms. The average molecular weight is 632 g/mol. The Morgan fingerprint density at radius 3 is 2.27 bits per heavy atom. The van der Waals surface area contributed by atoms with Crippen molar-refractivity contribution >= 4 is 35.4 Å². The van der Waals surface area contributed by atoms with E-state index in [2.05, 4.69) is 10.2 Å². The Bertz CT molecular complexity index is 1290. The molecule has 0 saturated carbocycles. The molecule has 1 aliphatic rings. The van der Waals surface area contributed by atoms with E-state index in [4.69, 9.17) is 25.5 Å². The monoisotopic (exact) mass is 631 g/mol. The first-order valence-corrected chi connectivity index (χ1v) is 14.8. The summed E-state index contributed by atoms with van der Waals surface area (Å²) in [6.45, 7) is 14.7. The molecular formula is C32H42FN3O9. The third kappa shape index (κ3) is 11.3. The van der Waals surface area contributed by atoms with Gasteiger partial charge in [-0.2, -0.15) is 0 Å². The number of rotatable bonds is 14. The molecule has 1 fully saturated rings. The fourth-order valence-corrected chi connectivity index (χ4v) is 4.85. The van der Waals surface area contributed by atoms with Crippen LogP contribution in [0, 0.1) is 18.3 Å². The van der Waals surface area contributed by atoms with E-state index in [1.807, 2.05) is 13.8 Å². The number of hydrogen-bond acceptors (Lipinski definition) is 9. The minimum Gasteiger partial charge on any atom is -0.455 e. The SMILES string of the molecule is [C-]#[N+]c1ccc(CN2CCCC[C@H](NC(=O)[C@H](OC)[C@H](OC(C)=O)[C@@H](OC(C)=O)[C@@H](C=CC(C)CC)OC(C)=O)C2=O)cc1F. The lowest BCUT2D eigenvalue weighted by molar-refractivity contribution is -0.192. The highest BCUT2D eigenvalue weighted by atomic mass is 19.1. The molecule has 6 atom stereocenters. The topological polar surface area (TPSA) is 142 Å². The van der Waals surface area contributed by atoms with E-state index in [-0.39, 0.29) is 18.2 Å². The maximum atomic E-state index is 14.2. The second-order valence-corrected chi connectivity index (χ2v) is 10.9. The smallest absolute Gasteiger partial charge is 0.303 e. The second-order valence-electron chi connectivity index (χ2n) is 10.9. The van der Waals surface area contributed by atoms with Crippen LogP contribution in [-0.2, 0) is 49.5 Å². The zero-order chi connectivity index (χ0) is 33.7. The standard InChI is InChI=1S/C32H42FN3O9/c1-8-19(2)12-15-27(43-20(3)37)28(44-21(4)38)29(45-22(5)39)30(42-7)31(40)35-26-11-9-10-16-36(32(26)41)18-23-13-14-25(34-6)24(33)17-23/h12-15,17,19,26-30H,8-11,16,18H2,1-5,7H3,(H,35,40)/t19?,26-,27+,28-,29+,30+/m0/s1. The van der Waals surface area contributed by atoms with Crippen molar-refractivity contribution < 1.29 is 47.3 Å². The van der Waals surface area contributed by atoms with Crippen LogP contribution in [0.25, 0.3) is 4.85 Å². The number of carbonyl (C=O) groups excluding carboxylic acids is 5. The largest absolute Gasteiger partial charge is 0.455 e. The van der Waals surface area contributed by atoms with Gasteiger partial charge in [-0.25, -0.2) is 9.24 Å². The Morgan fingerprint density at radius 1 is 1.07 bits per heavy atom. The molecule has 0 aliphatic carbocycles. The number of allylic oxidation sites excluding steroid dienone is 1. The lowest BCUT2D eigenvalue weighted by Gasteiger charge is -2.34. The Morgan fingerprint density at radius 2 is 1.71 bits per heavy atom. The van der Waals surface area contributed by atoms with Crippen molar-refractivity contribution in [1.82, 2.24) is 10.2 Å². The lowest BCUT2D eigenvalue weighted by Crippen LogP contribution is -2.58. The Labute approximate surface area is 263 Å². The number of nitrogens with one attached hydrogen (secondary N) is 1. The van der Waals surface area contributed by atoms with Crippen LogP contribution >= 0.6 is 0 Å². The number of hydrogen-bond donors (Lipinski definition) is 1. The number of halogens is 1. The van der Waals surface area contributed by atoms with Gasteiger partial charge in [0.1, 0.15) is 11.9 Å². The van der Waals surface area contributed by atoms with E-state index in [0.717, 1.165) is 27.2 Å². The van der Waals surface area contributed by atoms with Gasteiger partial charge in [-0.15, -0.1) is 0 Å². The molecule has 1 saturated heterocycles. The van der Waals surface area contributed by atoms with Crippen LogP contribution in [0.3, 0.4) is 0 Å². The van der Waals surface area contributed by atoms with Gasteiger partial charge in [-0.1, -0.05) is 38.5 Å². The quantitative estimate of drug-likeness (QED) is 0.141.